The number of rotatable bonds is 6. The topological polar surface area (TPSA) is 35.2 Å². The molecule has 0 spiro atoms. The minimum absolute atomic E-state index is 0.121. The van der Waals surface area contributed by atoms with E-state index in [1.54, 1.807) is 7.11 Å². The summed E-state index contributed by atoms with van der Waals surface area (Å²) in [6.45, 7) is 6.36. The van der Waals surface area contributed by atoms with Gasteiger partial charge in [0.1, 0.15) is 5.75 Å². The number of hydrogen-bond acceptors (Lipinski definition) is 3. The zero-order chi connectivity index (χ0) is 12.8. The van der Waals surface area contributed by atoms with Crippen molar-refractivity contribution in [1.82, 2.24) is 0 Å². The van der Waals surface area contributed by atoms with Crippen molar-refractivity contribution in [3.05, 3.63) is 28.8 Å². The van der Waals surface area contributed by atoms with Gasteiger partial charge in [0.2, 0.25) is 0 Å². The summed E-state index contributed by atoms with van der Waals surface area (Å²) >= 11 is 1.92. The number of nitrogens with two attached hydrogens (primary N) is 1. The molecule has 17 heavy (non-hydrogen) atoms. The Morgan fingerprint density at radius 3 is 2.59 bits per heavy atom. The lowest BCUT2D eigenvalue weighted by molar-refractivity contribution is 0.411. The minimum atomic E-state index is 0.121. The second-order valence-electron chi connectivity index (χ2n) is 4.36. The molecule has 0 aliphatic carbocycles. The number of benzene rings is 1. The normalized spacial score (nSPS) is 12.5. The third-order valence-corrected chi connectivity index (χ3v) is 4.12. The number of ether oxygens (including phenoxy) is 1. The number of aryl methyl sites for hydroxylation is 2. The van der Waals surface area contributed by atoms with Crippen molar-refractivity contribution in [3.8, 4) is 5.75 Å². The summed E-state index contributed by atoms with van der Waals surface area (Å²) in [6, 6.07) is 4.36. The van der Waals surface area contributed by atoms with Gasteiger partial charge in [-0.05, 0) is 48.8 Å². The molecule has 0 heterocycles. The molecule has 1 atom stereocenters. The van der Waals surface area contributed by atoms with E-state index in [0.717, 1.165) is 17.1 Å². The van der Waals surface area contributed by atoms with Crippen molar-refractivity contribution in [2.75, 3.05) is 18.6 Å². The lowest BCUT2D eigenvalue weighted by atomic mass is 10.00. The lowest BCUT2D eigenvalue weighted by Gasteiger charge is -2.17. The second kappa shape index (κ2) is 6.92. The zero-order valence-corrected chi connectivity index (χ0v) is 12.1. The maximum atomic E-state index is 6.24. The molecule has 0 saturated carbocycles. The van der Waals surface area contributed by atoms with Gasteiger partial charge < -0.3 is 10.5 Å². The molecule has 0 saturated heterocycles. The van der Waals surface area contributed by atoms with Crippen molar-refractivity contribution >= 4 is 11.8 Å². The van der Waals surface area contributed by atoms with Crippen molar-refractivity contribution in [1.29, 1.82) is 0 Å². The van der Waals surface area contributed by atoms with E-state index in [0.29, 0.717) is 0 Å². The monoisotopic (exact) mass is 253 g/mol. The highest BCUT2D eigenvalue weighted by Gasteiger charge is 2.11. The maximum absolute atomic E-state index is 6.24. The molecule has 0 aromatic heterocycles. The fourth-order valence-electron chi connectivity index (χ4n) is 1.88. The van der Waals surface area contributed by atoms with Crippen molar-refractivity contribution in [2.24, 2.45) is 5.73 Å². The van der Waals surface area contributed by atoms with E-state index in [2.05, 4.69) is 32.9 Å². The average Bonchev–Trinajstić information content (AvgIpc) is 2.31. The molecule has 0 fully saturated rings. The van der Waals surface area contributed by atoms with Crippen LogP contribution >= 0.6 is 11.8 Å². The summed E-state index contributed by atoms with van der Waals surface area (Å²) in [6.07, 6.45) is 1.21. The summed E-state index contributed by atoms with van der Waals surface area (Å²) < 4.78 is 5.31. The molecule has 96 valence electrons. The number of methoxy groups -OCH3 is 1. The first kappa shape index (κ1) is 14.4. The van der Waals surface area contributed by atoms with Crippen LogP contribution in [-0.2, 0) is 0 Å². The Balaban J connectivity index is 2.79. The minimum Gasteiger partial charge on any atom is -0.496 e. The van der Waals surface area contributed by atoms with Gasteiger partial charge in [-0.2, -0.15) is 11.8 Å². The van der Waals surface area contributed by atoms with Crippen LogP contribution in [0.4, 0.5) is 0 Å². The third-order valence-electron chi connectivity index (χ3n) is 2.83. The molecule has 1 unspecified atom stereocenters. The molecular formula is C14H23NOS. The van der Waals surface area contributed by atoms with E-state index in [1.807, 2.05) is 11.8 Å². The fraction of sp³-hybridized carbons (Fsp3) is 0.571. The van der Waals surface area contributed by atoms with Gasteiger partial charge in [-0.15, -0.1) is 0 Å². The van der Waals surface area contributed by atoms with Crippen LogP contribution in [0.15, 0.2) is 12.1 Å². The van der Waals surface area contributed by atoms with E-state index in [1.165, 1.54) is 23.3 Å². The van der Waals surface area contributed by atoms with Gasteiger partial charge in [0.15, 0.2) is 0 Å². The highest BCUT2D eigenvalue weighted by molar-refractivity contribution is 7.99. The van der Waals surface area contributed by atoms with E-state index in [4.69, 9.17) is 10.5 Å². The Morgan fingerprint density at radius 1 is 1.29 bits per heavy atom. The molecule has 0 radical (unpaired) electrons. The molecule has 1 rings (SSSR count). The summed E-state index contributed by atoms with van der Waals surface area (Å²) in [4.78, 5) is 0. The first-order chi connectivity index (χ1) is 8.10. The zero-order valence-electron chi connectivity index (χ0n) is 11.2. The van der Waals surface area contributed by atoms with Crippen molar-refractivity contribution in [3.63, 3.8) is 0 Å². The molecule has 1 aromatic carbocycles. The van der Waals surface area contributed by atoms with Crippen LogP contribution in [0.3, 0.4) is 0 Å². The predicted molar refractivity (Wildman–Crippen MR) is 77.0 cm³/mol. The van der Waals surface area contributed by atoms with Crippen LogP contribution in [0.1, 0.15) is 36.1 Å². The Hall–Kier alpha value is -0.670. The molecule has 0 bridgehead atoms. The van der Waals surface area contributed by atoms with Crippen LogP contribution in [-0.4, -0.2) is 18.6 Å². The summed E-state index contributed by atoms with van der Waals surface area (Å²) in [7, 11) is 1.71. The molecule has 0 aliphatic rings. The van der Waals surface area contributed by atoms with Crippen molar-refractivity contribution in [2.45, 2.75) is 33.2 Å². The van der Waals surface area contributed by atoms with Gasteiger partial charge in [-0.25, -0.2) is 0 Å². The lowest BCUT2D eigenvalue weighted by Crippen LogP contribution is -2.15. The summed E-state index contributed by atoms with van der Waals surface area (Å²) in [5, 5.41) is 0. The van der Waals surface area contributed by atoms with Gasteiger partial charge in [-0.1, -0.05) is 13.0 Å². The molecule has 2 N–H and O–H groups in total. The molecule has 0 aliphatic heterocycles. The Morgan fingerprint density at radius 2 is 2.00 bits per heavy atom. The summed E-state index contributed by atoms with van der Waals surface area (Å²) in [5.41, 5.74) is 9.85. The highest BCUT2D eigenvalue weighted by atomic mass is 32.2. The Labute approximate surface area is 109 Å². The molecule has 3 heteroatoms. The second-order valence-corrected chi connectivity index (χ2v) is 5.51. The first-order valence-corrected chi connectivity index (χ1v) is 7.24. The maximum Gasteiger partial charge on any atom is 0.122 e. The fourth-order valence-corrected chi connectivity index (χ4v) is 2.76. The highest BCUT2D eigenvalue weighted by Crippen LogP contribution is 2.27. The van der Waals surface area contributed by atoms with Crippen LogP contribution in [0.25, 0.3) is 0 Å². The van der Waals surface area contributed by atoms with Crippen LogP contribution in [0.2, 0.25) is 0 Å². The van der Waals surface area contributed by atoms with E-state index < -0.39 is 0 Å². The molecular weight excluding hydrogens is 230 g/mol. The molecule has 0 amide bonds. The van der Waals surface area contributed by atoms with Crippen molar-refractivity contribution < 1.29 is 4.74 Å². The predicted octanol–water partition coefficient (Wildman–Crippen LogP) is 3.46. The van der Waals surface area contributed by atoms with Crippen LogP contribution in [0, 0.1) is 13.8 Å². The van der Waals surface area contributed by atoms with Crippen LogP contribution < -0.4 is 10.5 Å². The van der Waals surface area contributed by atoms with Gasteiger partial charge in [0.25, 0.3) is 0 Å². The van der Waals surface area contributed by atoms with Gasteiger partial charge in [-0.3, -0.25) is 0 Å². The van der Waals surface area contributed by atoms with E-state index >= 15 is 0 Å². The SMILES string of the molecule is CCCSCC(N)c1cc(C)c(OC)cc1C. The summed E-state index contributed by atoms with van der Waals surface area (Å²) in [5.74, 6) is 3.11. The standard InChI is InChI=1S/C14H23NOS/c1-5-6-17-9-13(15)12-7-11(3)14(16-4)8-10(12)2/h7-8,13H,5-6,9,15H2,1-4H3. The third kappa shape index (κ3) is 3.93. The van der Waals surface area contributed by atoms with Gasteiger partial charge in [0.05, 0.1) is 7.11 Å². The smallest absolute Gasteiger partial charge is 0.122 e. The first-order valence-electron chi connectivity index (χ1n) is 6.08. The van der Waals surface area contributed by atoms with E-state index in [9.17, 15) is 0 Å². The van der Waals surface area contributed by atoms with E-state index in [-0.39, 0.29) is 6.04 Å². The molecule has 2 nitrogen and oxygen atoms in total. The largest absolute Gasteiger partial charge is 0.496 e. The Bertz CT molecular complexity index is 365. The molecule has 1 aromatic rings. The quantitative estimate of drug-likeness (QED) is 0.789. The average molecular weight is 253 g/mol. The number of thioether (sulfide) groups is 1. The number of hydrogen-bond donors (Lipinski definition) is 1. The van der Waals surface area contributed by atoms with Gasteiger partial charge in [0, 0.05) is 11.8 Å². The van der Waals surface area contributed by atoms with Gasteiger partial charge >= 0.3 is 0 Å². The van der Waals surface area contributed by atoms with Crippen LogP contribution in [0.5, 0.6) is 5.75 Å². The Kier molecular flexibility index (Phi) is 5.86.